The number of ether oxygens (including phenoxy) is 4. The fourth-order valence-electron chi connectivity index (χ4n) is 7.18. The molecule has 0 amide bonds. The molecule has 228 valence electrons. The zero-order valence-electron chi connectivity index (χ0n) is 25.8. The van der Waals surface area contributed by atoms with Crippen LogP contribution in [0.3, 0.4) is 0 Å². The van der Waals surface area contributed by atoms with Crippen molar-refractivity contribution in [2.45, 2.75) is 142 Å². The summed E-state index contributed by atoms with van der Waals surface area (Å²) in [5, 5.41) is 9.18. The first-order chi connectivity index (χ1) is 19.5. The molecule has 5 nitrogen and oxygen atoms in total. The van der Waals surface area contributed by atoms with Gasteiger partial charge >= 0.3 is 0 Å². The molecule has 1 N–H and O–H groups in total. The van der Waals surface area contributed by atoms with Gasteiger partial charge in [0.2, 0.25) is 0 Å². The molecular formula is C35H58O5. The lowest BCUT2D eigenvalue weighted by Crippen LogP contribution is -2.34. The fraction of sp³-hybridized carbons (Fsp3) is 0.829. The quantitative estimate of drug-likeness (QED) is 0.117. The molecule has 0 radical (unpaired) electrons. The number of aliphatic hydroxyl groups is 1. The predicted molar refractivity (Wildman–Crippen MR) is 162 cm³/mol. The second-order valence-corrected chi connectivity index (χ2v) is 13.2. The van der Waals surface area contributed by atoms with E-state index in [9.17, 15) is 5.11 Å². The second-order valence-electron chi connectivity index (χ2n) is 13.2. The second kappa shape index (κ2) is 17.1. The van der Waals surface area contributed by atoms with Crippen LogP contribution < -0.4 is 0 Å². The zero-order valence-corrected chi connectivity index (χ0v) is 25.8. The molecule has 2 aliphatic heterocycles. The lowest BCUT2D eigenvalue weighted by molar-refractivity contribution is -0.200. The van der Waals surface area contributed by atoms with Crippen molar-refractivity contribution in [3.8, 4) is 0 Å². The zero-order chi connectivity index (χ0) is 28.2. The van der Waals surface area contributed by atoms with Gasteiger partial charge in [0.1, 0.15) is 5.76 Å². The molecule has 0 aromatic rings. The summed E-state index contributed by atoms with van der Waals surface area (Å²) in [5.41, 5.74) is 3.02. The number of rotatable bonds is 16. The van der Waals surface area contributed by atoms with Gasteiger partial charge in [0.05, 0.1) is 12.7 Å². The number of allylic oxidation sites excluding steroid dienone is 5. The van der Waals surface area contributed by atoms with E-state index >= 15 is 0 Å². The molecule has 5 heteroatoms. The van der Waals surface area contributed by atoms with E-state index in [1.165, 1.54) is 44.1 Å². The van der Waals surface area contributed by atoms with E-state index in [2.05, 4.69) is 39.0 Å². The van der Waals surface area contributed by atoms with Crippen molar-refractivity contribution in [1.29, 1.82) is 0 Å². The minimum atomic E-state index is -0.131. The molecule has 3 fully saturated rings. The highest BCUT2D eigenvalue weighted by Gasteiger charge is 2.49. The average molecular weight is 559 g/mol. The minimum absolute atomic E-state index is 0.0794. The van der Waals surface area contributed by atoms with Crippen molar-refractivity contribution in [3.63, 3.8) is 0 Å². The van der Waals surface area contributed by atoms with E-state index in [4.69, 9.17) is 18.9 Å². The molecule has 2 heterocycles. The van der Waals surface area contributed by atoms with Crippen LogP contribution in [0.25, 0.3) is 0 Å². The van der Waals surface area contributed by atoms with Gasteiger partial charge in [-0.05, 0) is 128 Å². The highest BCUT2D eigenvalue weighted by atomic mass is 16.7. The number of hydrogen-bond donors (Lipinski definition) is 1. The van der Waals surface area contributed by atoms with Crippen LogP contribution in [0.5, 0.6) is 0 Å². The van der Waals surface area contributed by atoms with Crippen LogP contribution in [0.1, 0.15) is 124 Å². The number of aliphatic hydroxyl groups excluding tert-OH is 1. The Morgan fingerprint density at radius 1 is 0.975 bits per heavy atom. The van der Waals surface area contributed by atoms with Crippen molar-refractivity contribution >= 4 is 0 Å². The molecule has 0 bridgehead atoms. The van der Waals surface area contributed by atoms with E-state index in [-0.39, 0.29) is 24.6 Å². The summed E-state index contributed by atoms with van der Waals surface area (Å²) in [4.78, 5) is 0. The minimum Gasteiger partial charge on any atom is -0.469 e. The normalized spacial score (nSPS) is 31.5. The first kappa shape index (κ1) is 31.8. The summed E-state index contributed by atoms with van der Waals surface area (Å²) >= 11 is 0. The van der Waals surface area contributed by atoms with Crippen LogP contribution in [-0.2, 0) is 18.9 Å². The first-order valence-electron chi connectivity index (χ1n) is 16.7. The van der Waals surface area contributed by atoms with Crippen LogP contribution in [0.4, 0.5) is 0 Å². The van der Waals surface area contributed by atoms with Gasteiger partial charge in [-0.2, -0.15) is 0 Å². The molecule has 7 atom stereocenters. The van der Waals surface area contributed by atoms with Crippen LogP contribution >= 0.6 is 0 Å². The Bertz CT molecular complexity index is 816. The SMILES string of the molecule is CC(C)=CCC[C@@H](C)CCC=C(OC1CCCCO1)[C@H]1[C@@H]2CC(CCCCCO)=C[C@@H]2C[C@@H]1OC1CCCCO1. The monoisotopic (exact) mass is 558 g/mol. The fourth-order valence-corrected chi connectivity index (χ4v) is 7.18. The van der Waals surface area contributed by atoms with Crippen molar-refractivity contribution in [2.75, 3.05) is 19.8 Å². The lowest BCUT2D eigenvalue weighted by Gasteiger charge is -2.34. The Morgan fingerprint density at radius 2 is 1.70 bits per heavy atom. The van der Waals surface area contributed by atoms with Gasteiger partial charge in [-0.3, -0.25) is 0 Å². The largest absolute Gasteiger partial charge is 0.469 e. The smallest absolute Gasteiger partial charge is 0.199 e. The van der Waals surface area contributed by atoms with Crippen LogP contribution in [0.15, 0.2) is 35.1 Å². The van der Waals surface area contributed by atoms with Crippen molar-refractivity contribution < 1.29 is 24.1 Å². The third-order valence-electron chi connectivity index (χ3n) is 9.44. The molecule has 40 heavy (non-hydrogen) atoms. The van der Waals surface area contributed by atoms with Gasteiger partial charge in [-0.25, -0.2) is 0 Å². The molecule has 2 unspecified atom stereocenters. The molecular weight excluding hydrogens is 500 g/mol. The molecule has 4 rings (SSSR count). The van der Waals surface area contributed by atoms with Crippen LogP contribution in [-0.4, -0.2) is 43.6 Å². The predicted octanol–water partition coefficient (Wildman–Crippen LogP) is 8.62. The van der Waals surface area contributed by atoms with Crippen molar-refractivity contribution in [3.05, 3.63) is 35.1 Å². The molecule has 1 saturated carbocycles. The number of fused-ring (bicyclic) bond motifs is 1. The first-order valence-corrected chi connectivity index (χ1v) is 16.7. The van der Waals surface area contributed by atoms with E-state index in [1.807, 2.05) is 0 Å². The summed E-state index contributed by atoms with van der Waals surface area (Å²) in [7, 11) is 0. The summed E-state index contributed by atoms with van der Waals surface area (Å²) in [6.45, 7) is 8.68. The maximum absolute atomic E-state index is 9.18. The summed E-state index contributed by atoms with van der Waals surface area (Å²) in [6.07, 6.45) is 25.1. The molecule has 4 aliphatic rings. The van der Waals surface area contributed by atoms with Gasteiger partial charge < -0.3 is 24.1 Å². The van der Waals surface area contributed by atoms with Gasteiger partial charge in [0.15, 0.2) is 12.6 Å². The van der Waals surface area contributed by atoms with Gasteiger partial charge in [-0.1, -0.05) is 36.6 Å². The molecule has 2 saturated heterocycles. The summed E-state index contributed by atoms with van der Waals surface area (Å²) in [6, 6.07) is 0. The maximum Gasteiger partial charge on any atom is 0.199 e. The summed E-state index contributed by atoms with van der Waals surface area (Å²) in [5.74, 6) is 3.16. The van der Waals surface area contributed by atoms with E-state index in [1.54, 1.807) is 5.57 Å². The molecule has 0 spiro atoms. The highest BCUT2D eigenvalue weighted by molar-refractivity contribution is 5.23. The van der Waals surface area contributed by atoms with E-state index in [0.717, 1.165) is 83.2 Å². The third kappa shape index (κ3) is 10.00. The Labute approximate surface area is 244 Å². The number of hydrogen-bond acceptors (Lipinski definition) is 5. The van der Waals surface area contributed by atoms with Crippen molar-refractivity contribution in [2.24, 2.45) is 23.7 Å². The van der Waals surface area contributed by atoms with Crippen LogP contribution in [0.2, 0.25) is 0 Å². The highest BCUT2D eigenvalue weighted by Crippen LogP contribution is 2.52. The van der Waals surface area contributed by atoms with Crippen LogP contribution in [0, 0.1) is 23.7 Å². The molecule has 0 aromatic carbocycles. The summed E-state index contributed by atoms with van der Waals surface area (Å²) < 4.78 is 25.7. The number of unbranched alkanes of at least 4 members (excludes halogenated alkanes) is 2. The standard InChI is InChI=1S/C35H58O5/c1-26(2)13-11-14-27(3)15-12-17-31(39-33-18-6-9-21-37-33)35-30-24-28(16-5-4-8-20-36)23-29(30)25-32(35)40-34-19-7-10-22-38-34/h13,17,23,27,29-30,32-36H,4-12,14-16,18-22,24-25H2,1-3H3/t27-,29-,30-,32+,33?,34?,35-/m1/s1. The Morgan fingerprint density at radius 3 is 2.38 bits per heavy atom. The van der Waals surface area contributed by atoms with Gasteiger partial charge in [-0.15, -0.1) is 0 Å². The van der Waals surface area contributed by atoms with E-state index < -0.39 is 0 Å². The molecule has 2 aliphatic carbocycles. The lowest BCUT2D eigenvalue weighted by atomic mass is 9.86. The Balaban J connectivity index is 1.47. The Hall–Kier alpha value is -1.14. The Kier molecular flexibility index (Phi) is 13.6. The maximum atomic E-state index is 9.18. The third-order valence-corrected chi connectivity index (χ3v) is 9.44. The van der Waals surface area contributed by atoms with Gasteiger partial charge in [0.25, 0.3) is 0 Å². The van der Waals surface area contributed by atoms with Gasteiger partial charge in [0, 0.05) is 25.6 Å². The topological polar surface area (TPSA) is 57.2 Å². The van der Waals surface area contributed by atoms with Crippen molar-refractivity contribution in [1.82, 2.24) is 0 Å². The van der Waals surface area contributed by atoms with E-state index in [0.29, 0.717) is 24.4 Å². The molecule has 0 aromatic heterocycles. The average Bonchev–Trinajstić information content (AvgIpc) is 3.48.